The molecule has 2 aromatic rings. The summed E-state index contributed by atoms with van der Waals surface area (Å²) in [6.45, 7) is 1.46. The summed E-state index contributed by atoms with van der Waals surface area (Å²) in [6, 6.07) is 15.1. The number of nitrogen functional groups attached to an aromatic ring is 1. The molecule has 0 heterocycles. The summed E-state index contributed by atoms with van der Waals surface area (Å²) < 4.78 is 5.30. The Labute approximate surface area is 110 Å². The molecule has 2 rings (SSSR count). The van der Waals surface area contributed by atoms with E-state index in [0.717, 1.165) is 23.2 Å². The maximum atomic E-state index is 10.8. The van der Waals surface area contributed by atoms with Gasteiger partial charge < -0.3 is 9.92 Å². The molecule has 0 aliphatic rings. The topological polar surface area (TPSA) is 52.3 Å². The third kappa shape index (κ3) is 3.05. The normalized spacial score (nSPS) is 10.1. The lowest BCUT2D eigenvalue weighted by Crippen LogP contribution is -1.91. The Morgan fingerprint density at radius 1 is 1.17 bits per heavy atom. The molecule has 0 aliphatic carbocycles. The second kappa shape index (κ2) is 5.60. The first kappa shape index (κ1) is 12.5. The highest BCUT2D eigenvalue weighted by molar-refractivity contribution is 8.09. The van der Waals surface area contributed by atoms with E-state index >= 15 is 0 Å². The van der Waals surface area contributed by atoms with Crippen molar-refractivity contribution in [1.29, 1.82) is 0 Å². The van der Waals surface area contributed by atoms with Crippen molar-refractivity contribution >= 4 is 22.8 Å². The third-order valence-electron chi connectivity index (χ3n) is 2.36. The van der Waals surface area contributed by atoms with Gasteiger partial charge in [-0.05, 0) is 23.8 Å². The summed E-state index contributed by atoms with van der Waals surface area (Å²) in [6.07, 6.45) is 0. The minimum atomic E-state index is -0.0837. The summed E-state index contributed by atoms with van der Waals surface area (Å²) in [5.74, 6) is 0.635. The minimum absolute atomic E-state index is 0.0837. The predicted octanol–water partition coefficient (Wildman–Crippen LogP) is 3.51. The van der Waals surface area contributed by atoms with E-state index in [-0.39, 0.29) is 5.12 Å². The number of hydrogen-bond acceptors (Lipinski definition) is 4. The van der Waals surface area contributed by atoms with Crippen LogP contribution in [-0.2, 0) is 4.79 Å². The largest absolute Gasteiger partial charge is 0.418 e. The fourth-order valence-corrected chi connectivity index (χ4v) is 1.90. The quantitative estimate of drug-likeness (QED) is 0.677. The molecule has 2 N–H and O–H groups in total. The Morgan fingerprint density at radius 2 is 1.94 bits per heavy atom. The highest BCUT2D eigenvalue weighted by Crippen LogP contribution is 2.29. The van der Waals surface area contributed by atoms with E-state index in [2.05, 4.69) is 0 Å². The molecule has 0 spiro atoms. The number of para-hydroxylation sites is 1. The number of hydrogen-bond donors (Lipinski definition) is 1. The fourth-order valence-electron chi connectivity index (χ4n) is 1.58. The number of carbonyl (C=O) groups excluding carboxylic acids is 1. The van der Waals surface area contributed by atoms with Crippen LogP contribution in [0.2, 0.25) is 0 Å². The van der Waals surface area contributed by atoms with Gasteiger partial charge in [-0.3, -0.25) is 4.79 Å². The smallest absolute Gasteiger partial charge is 0.224 e. The van der Waals surface area contributed by atoms with Crippen LogP contribution in [0.5, 0.6) is 5.75 Å². The van der Waals surface area contributed by atoms with Crippen LogP contribution in [0.25, 0.3) is 11.1 Å². The van der Waals surface area contributed by atoms with E-state index in [1.54, 1.807) is 6.07 Å². The van der Waals surface area contributed by atoms with Crippen LogP contribution in [0.3, 0.4) is 0 Å². The molecule has 92 valence electrons. The summed E-state index contributed by atoms with van der Waals surface area (Å²) in [5.41, 5.74) is 8.56. The predicted molar refractivity (Wildman–Crippen MR) is 75.2 cm³/mol. The van der Waals surface area contributed by atoms with Crippen LogP contribution >= 0.6 is 12.0 Å². The monoisotopic (exact) mass is 259 g/mol. The van der Waals surface area contributed by atoms with Crippen molar-refractivity contribution in [3.05, 3.63) is 48.5 Å². The zero-order chi connectivity index (χ0) is 13.0. The SMILES string of the molecule is CC(=O)SOc1cccc(-c2ccccc2N)c1. The molecule has 0 saturated carbocycles. The lowest BCUT2D eigenvalue weighted by atomic mass is 10.0. The maximum absolute atomic E-state index is 10.8. The van der Waals surface area contributed by atoms with Gasteiger partial charge in [0.1, 0.15) is 17.8 Å². The van der Waals surface area contributed by atoms with Crippen LogP contribution in [-0.4, -0.2) is 5.12 Å². The molecule has 0 radical (unpaired) electrons. The Balaban J connectivity index is 2.27. The summed E-state index contributed by atoms with van der Waals surface area (Å²) in [4.78, 5) is 10.8. The van der Waals surface area contributed by atoms with Crippen molar-refractivity contribution in [3.63, 3.8) is 0 Å². The van der Waals surface area contributed by atoms with Crippen LogP contribution in [0.1, 0.15) is 6.92 Å². The lowest BCUT2D eigenvalue weighted by molar-refractivity contribution is -0.109. The van der Waals surface area contributed by atoms with Gasteiger partial charge in [-0.1, -0.05) is 30.3 Å². The summed E-state index contributed by atoms with van der Waals surface area (Å²) in [5, 5.41) is -0.0837. The van der Waals surface area contributed by atoms with Crippen LogP contribution < -0.4 is 9.92 Å². The average molecular weight is 259 g/mol. The van der Waals surface area contributed by atoms with E-state index in [9.17, 15) is 4.79 Å². The first-order valence-electron chi connectivity index (χ1n) is 5.47. The fraction of sp³-hybridized carbons (Fsp3) is 0.0714. The van der Waals surface area contributed by atoms with Crippen molar-refractivity contribution in [2.75, 3.05) is 5.73 Å². The Kier molecular flexibility index (Phi) is 3.89. The van der Waals surface area contributed by atoms with Crippen LogP contribution in [0, 0.1) is 0 Å². The number of rotatable bonds is 3. The highest BCUT2D eigenvalue weighted by atomic mass is 32.2. The molecule has 0 aromatic heterocycles. The Bertz CT molecular complexity index is 569. The average Bonchev–Trinajstić information content (AvgIpc) is 2.37. The number of benzene rings is 2. The van der Waals surface area contributed by atoms with E-state index < -0.39 is 0 Å². The van der Waals surface area contributed by atoms with E-state index in [1.165, 1.54) is 6.92 Å². The minimum Gasteiger partial charge on any atom is -0.418 e. The van der Waals surface area contributed by atoms with Gasteiger partial charge in [-0.15, -0.1) is 0 Å². The van der Waals surface area contributed by atoms with Crippen molar-refractivity contribution < 1.29 is 8.98 Å². The molecule has 18 heavy (non-hydrogen) atoms. The Hall–Kier alpha value is -1.94. The van der Waals surface area contributed by atoms with E-state index in [1.807, 2.05) is 42.5 Å². The van der Waals surface area contributed by atoms with Gasteiger partial charge in [0.15, 0.2) is 0 Å². The van der Waals surface area contributed by atoms with Crippen molar-refractivity contribution in [2.45, 2.75) is 6.92 Å². The third-order valence-corrected chi connectivity index (χ3v) is 2.87. The second-order valence-corrected chi connectivity index (χ2v) is 4.68. The van der Waals surface area contributed by atoms with Gasteiger partial charge in [0, 0.05) is 18.2 Å². The highest BCUT2D eigenvalue weighted by Gasteiger charge is 2.04. The van der Waals surface area contributed by atoms with Gasteiger partial charge in [0.2, 0.25) is 5.12 Å². The lowest BCUT2D eigenvalue weighted by Gasteiger charge is -2.07. The van der Waals surface area contributed by atoms with Gasteiger partial charge in [-0.25, -0.2) is 0 Å². The molecule has 4 heteroatoms. The zero-order valence-corrected chi connectivity index (χ0v) is 10.7. The molecule has 3 nitrogen and oxygen atoms in total. The summed E-state index contributed by atoms with van der Waals surface area (Å²) in [7, 11) is 0. The number of anilines is 1. The van der Waals surface area contributed by atoms with Gasteiger partial charge >= 0.3 is 0 Å². The first-order valence-corrected chi connectivity index (χ1v) is 6.21. The molecule has 0 saturated heterocycles. The van der Waals surface area contributed by atoms with Gasteiger partial charge in [-0.2, -0.15) is 0 Å². The molecule has 0 atom stereocenters. The van der Waals surface area contributed by atoms with Crippen LogP contribution in [0.15, 0.2) is 48.5 Å². The molecule has 2 aromatic carbocycles. The van der Waals surface area contributed by atoms with E-state index in [4.69, 9.17) is 9.92 Å². The first-order chi connectivity index (χ1) is 8.66. The van der Waals surface area contributed by atoms with Crippen LogP contribution in [0.4, 0.5) is 5.69 Å². The van der Waals surface area contributed by atoms with E-state index in [0.29, 0.717) is 11.4 Å². The van der Waals surface area contributed by atoms with Crippen molar-refractivity contribution in [3.8, 4) is 16.9 Å². The molecule has 0 fully saturated rings. The zero-order valence-electron chi connectivity index (χ0n) is 9.92. The molecule has 0 amide bonds. The molecule has 0 bridgehead atoms. The van der Waals surface area contributed by atoms with Crippen molar-refractivity contribution in [2.24, 2.45) is 0 Å². The number of carbonyl (C=O) groups is 1. The van der Waals surface area contributed by atoms with Gasteiger partial charge in [0.25, 0.3) is 0 Å². The molecular weight excluding hydrogens is 246 g/mol. The Morgan fingerprint density at radius 3 is 2.67 bits per heavy atom. The second-order valence-electron chi connectivity index (χ2n) is 3.77. The standard InChI is InChI=1S/C14H13NO2S/c1-10(16)18-17-12-6-4-5-11(9-12)13-7-2-3-8-14(13)15/h2-9H,15H2,1H3. The molecular formula is C14H13NO2S. The van der Waals surface area contributed by atoms with Gasteiger partial charge in [0.05, 0.1) is 0 Å². The molecule has 0 aliphatic heterocycles. The maximum Gasteiger partial charge on any atom is 0.224 e. The van der Waals surface area contributed by atoms with Crippen molar-refractivity contribution in [1.82, 2.24) is 0 Å². The molecule has 0 unspecified atom stereocenters. The number of nitrogens with two attached hydrogens (primary N) is 1. The summed E-state index contributed by atoms with van der Waals surface area (Å²) >= 11 is 0.822.